The van der Waals surface area contributed by atoms with Crippen molar-refractivity contribution in [1.29, 1.82) is 0 Å². The minimum absolute atomic E-state index is 0.0983. The monoisotopic (exact) mass is 336 g/mol. The Kier molecular flexibility index (Phi) is 4.84. The summed E-state index contributed by atoms with van der Waals surface area (Å²) in [5.41, 5.74) is 5.53. The van der Waals surface area contributed by atoms with Crippen LogP contribution in [0.1, 0.15) is 19.8 Å². The number of ether oxygens (including phenoxy) is 1. The lowest BCUT2D eigenvalue weighted by molar-refractivity contribution is 0.203. The van der Waals surface area contributed by atoms with E-state index in [2.05, 4.69) is 27.2 Å². The molecule has 1 unspecified atom stereocenters. The molecule has 0 aliphatic rings. The van der Waals surface area contributed by atoms with Gasteiger partial charge in [-0.15, -0.1) is 0 Å². The molecule has 2 aromatic carbocycles. The molecule has 0 aliphatic carbocycles. The van der Waals surface area contributed by atoms with E-state index >= 15 is 0 Å². The lowest BCUT2D eigenvalue weighted by Gasteiger charge is -2.17. The number of rotatable bonds is 5. The highest BCUT2D eigenvalue weighted by Crippen LogP contribution is 2.25. The van der Waals surface area contributed by atoms with Crippen LogP contribution in [-0.4, -0.2) is 17.1 Å². The van der Waals surface area contributed by atoms with Crippen molar-refractivity contribution in [2.75, 3.05) is 0 Å². The number of nitrogens with zero attached hydrogens (tertiary/aromatic N) is 1. The van der Waals surface area contributed by atoms with Crippen molar-refractivity contribution in [3.63, 3.8) is 0 Å². The molecule has 0 saturated carbocycles. The molecule has 0 aromatic heterocycles. The van der Waals surface area contributed by atoms with Crippen LogP contribution in [-0.2, 0) is 0 Å². The van der Waals surface area contributed by atoms with Crippen LogP contribution in [0.2, 0.25) is 0 Å². The molecular weight excluding hydrogens is 320 g/mol. The summed E-state index contributed by atoms with van der Waals surface area (Å²) in [5.74, 6) is 0.971. The predicted octanol–water partition coefficient (Wildman–Crippen LogP) is 3.90. The third kappa shape index (κ3) is 3.63. The summed E-state index contributed by atoms with van der Waals surface area (Å²) in [6.45, 7) is 2.01. The molecule has 20 heavy (non-hydrogen) atoms. The van der Waals surface area contributed by atoms with Crippen LogP contribution in [0.15, 0.2) is 46.0 Å². The van der Waals surface area contributed by atoms with E-state index in [1.165, 1.54) is 0 Å². The van der Waals surface area contributed by atoms with E-state index in [9.17, 15) is 0 Å². The molecular formula is C15H17BrN2O2. The Morgan fingerprint density at radius 2 is 2.00 bits per heavy atom. The number of fused-ring (bicyclic) bond motifs is 1. The first-order chi connectivity index (χ1) is 9.62. The second-order valence-corrected chi connectivity index (χ2v) is 5.51. The zero-order chi connectivity index (χ0) is 14.5. The second-order valence-electron chi connectivity index (χ2n) is 4.60. The van der Waals surface area contributed by atoms with Crippen molar-refractivity contribution < 1.29 is 9.94 Å². The van der Waals surface area contributed by atoms with Gasteiger partial charge in [-0.25, -0.2) is 0 Å². The summed E-state index contributed by atoms with van der Waals surface area (Å²) in [6.07, 6.45) is 1.10. The maximum atomic E-state index is 8.62. The zero-order valence-corrected chi connectivity index (χ0v) is 12.8. The molecule has 2 rings (SSSR count). The molecule has 0 aliphatic heterocycles. The van der Waals surface area contributed by atoms with Crippen molar-refractivity contribution in [3.05, 3.63) is 40.9 Å². The van der Waals surface area contributed by atoms with E-state index in [1.807, 2.05) is 37.3 Å². The Balaban J connectivity index is 2.18. The number of oxime groups is 1. The molecule has 0 bridgehead atoms. The van der Waals surface area contributed by atoms with Gasteiger partial charge in [-0.3, -0.25) is 0 Å². The van der Waals surface area contributed by atoms with Crippen LogP contribution < -0.4 is 10.5 Å². The van der Waals surface area contributed by atoms with Crippen LogP contribution >= 0.6 is 15.9 Å². The van der Waals surface area contributed by atoms with E-state index in [0.29, 0.717) is 6.42 Å². The van der Waals surface area contributed by atoms with Gasteiger partial charge in [-0.2, -0.15) is 0 Å². The van der Waals surface area contributed by atoms with Gasteiger partial charge in [0.05, 0.1) is 0 Å². The van der Waals surface area contributed by atoms with Crippen LogP contribution in [0, 0.1) is 0 Å². The van der Waals surface area contributed by atoms with E-state index in [-0.39, 0.29) is 11.9 Å². The zero-order valence-electron chi connectivity index (χ0n) is 11.2. The SMILES string of the molecule is CCC(C/C(N)=N/O)Oc1ccc2cc(Br)ccc2c1. The van der Waals surface area contributed by atoms with Crippen molar-refractivity contribution in [1.82, 2.24) is 0 Å². The minimum Gasteiger partial charge on any atom is -0.490 e. The highest BCUT2D eigenvalue weighted by Gasteiger charge is 2.11. The highest BCUT2D eigenvalue weighted by molar-refractivity contribution is 9.10. The maximum absolute atomic E-state index is 8.62. The van der Waals surface area contributed by atoms with Crippen LogP contribution in [0.5, 0.6) is 5.75 Å². The number of hydrogen-bond acceptors (Lipinski definition) is 3. The standard InChI is InChI=1S/C15H17BrN2O2/c1-2-13(9-15(17)18-19)20-14-6-4-10-7-12(16)5-3-11(10)8-14/h3-8,13,19H,2,9H2,1H3,(H2,17,18). The molecule has 1 atom stereocenters. The third-order valence-electron chi connectivity index (χ3n) is 3.10. The Labute approximate surface area is 126 Å². The molecule has 0 fully saturated rings. The first kappa shape index (κ1) is 14.7. The maximum Gasteiger partial charge on any atom is 0.142 e. The quantitative estimate of drug-likeness (QED) is 0.376. The summed E-state index contributed by atoms with van der Waals surface area (Å²) in [7, 11) is 0. The van der Waals surface area contributed by atoms with Gasteiger partial charge in [0, 0.05) is 10.9 Å². The van der Waals surface area contributed by atoms with Gasteiger partial charge in [0.2, 0.25) is 0 Å². The van der Waals surface area contributed by atoms with Gasteiger partial charge in [0.25, 0.3) is 0 Å². The van der Waals surface area contributed by atoms with Crippen LogP contribution in [0.3, 0.4) is 0 Å². The molecule has 0 radical (unpaired) electrons. The van der Waals surface area contributed by atoms with Gasteiger partial charge >= 0.3 is 0 Å². The van der Waals surface area contributed by atoms with Crippen molar-refractivity contribution in [2.45, 2.75) is 25.9 Å². The fourth-order valence-corrected chi connectivity index (χ4v) is 2.38. The molecule has 2 aromatic rings. The first-order valence-electron chi connectivity index (χ1n) is 6.44. The van der Waals surface area contributed by atoms with Crippen molar-refractivity contribution in [2.24, 2.45) is 10.9 Å². The van der Waals surface area contributed by atoms with Gasteiger partial charge in [0.15, 0.2) is 0 Å². The number of amidine groups is 1. The number of benzene rings is 2. The third-order valence-corrected chi connectivity index (χ3v) is 3.59. The Hall–Kier alpha value is -1.75. The molecule has 0 saturated heterocycles. The first-order valence-corrected chi connectivity index (χ1v) is 7.24. The van der Waals surface area contributed by atoms with Gasteiger partial charge in [-0.1, -0.05) is 40.1 Å². The molecule has 0 spiro atoms. The topological polar surface area (TPSA) is 67.8 Å². The molecule has 3 N–H and O–H groups in total. The molecule has 0 heterocycles. The fraction of sp³-hybridized carbons (Fsp3) is 0.267. The van der Waals surface area contributed by atoms with E-state index in [4.69, 9.17) is 15.7 Å². The molecule has 5 heteroatoms. The Morgan fingerprint density at radius 1 is 1.30 bits per heavy atom. The lowest BCUT2D eigenvalue weighted by atomic mass is 10.1. The largest absolute Gasteiger partial charge is 0.490 e. The summed E-state index contributed by atoms with van der Waals surface area (Å²) in [6, 6.07) is 12.1. The minimum atomic E-state index is -0.0983. The normalized spacial score (nSPS) is 13.4. The van der Waals surface area contributed by atoms with Crippen molar-refractivity contribution in [3.8, 4) is 5.75 Å². The average molecular weight is 337 g/mol. The summed E-state index contributed by atoms with van der Waals surface area (Å²) in [4.78, 5) is 0. The van der Waals surface area contributed by atoms with Crippen molar-refractivity contribution >= 4 is 32.5 Å². The summed E-state index contributed by atoms with van der Waals surface area (Å²) in [5, 5.41) is 13.9. The highest BCUT2D eigenvalue weighted by atomic mass is 79.9. The van der Waals surface area contributed by atoms with Gasteiger partial charge in [0.1, 0.15) is 17.7 Å². The van der Waals surface area contributed by atoms with Crippen LogP contribution in [0.25, 0.3) is 10.8 Å². The molecule has 4 nitrogen and oxygen atoms in total. The summed E-state index contributed by atoms with van der Waals surface area (Å²) >= 11 is 3.46. The van der Waals surface area contributed by atoms with E-state index < -0.39 is 0 Å². The Morgan fingerprint density at radius 3 is 2.70 bits per heavy atom. The Bertz CT molecular complexity index is 628. The molecule has 106 valence electrons. The number of hydrogen-bond donors (Lipinski definition) is 2. The average Bonchev–Trinajstić information content (AvgIpc) is 2.46. The predicted molar refractivity (Wildman–Crippen MR) is 84.4 cm³/mol. The van der Waals surface area contributed by atoms with Gasteiger partial charge in [-0.05, 0) is 41.5 Å². The fourth-order valence-electron chi connectivity index (χ4n) is 2.00. The number of halogens is 1. The van der Waals surface area contributed by atoms with E-state index in [1.54, 1.807) is 0 Å². The lowest BCUT2D eigenvalue weighted by Crippen LogP contribution is -2.24. The van der Waals surface area contributed by atoms with E-state index in [0.717, 1.165) is 27.4 Å². The number of nitrogens with two attached hydrogens (primary N) is 1. The van der Waals surface area contributed by atoms with Gasteiger partial charge < -0.3 is 15.7 Å². The summed E-state index contributed by atoms with van der Waals surface area (Å²) < 4.78 is 6.94. The van der Waals surface area contributed by atoms with Crippen LogP contribution in [0.4, 0.5) is 0 Å². The second kappa shape index (κ2) is 6.61. The smallest absolute Gasteiger partial charge is 0.142 e. The molecule has 0 amide bonds.